The maximum absolute atomic E-state index is 14.5. The van der Waals surface area contributed by atoms with Gasteiger partial charge in [0.1, 0.15) is 25.7 Å². The van der Waals surface area contributed by atoms with Gasteiger partial charge in [0.2, 0.25) is 5.28 Å². The number of nitrogens with one attached hydrogen (secondary N) is 1. The molecule has 2 rings (SSSR count). The van der Waals surface area contributed by atoms with Crippen LogP contribution in [-0.4, -0.2) is 59.9 Å². The third-order valence-corrected chi connectivity index (χ3v) is 4.61. The maximum Gasteiger partial charge on any atom is 0.410 e. The van der Waals surface area contributed by atoms with E-state index in [1.54, 1.807) is 20.8 Å². The van der Waals surface area contributed by atoms with E-state index in [9.17, 15) is 9.18 Å². The van der Waals surface area contributed by atoms with Crippen molar-refractivity contribution < 1.29 is 13.9 Å². The van der Waals surface area contributed by atoms with Crippen molar-refractivity contribution in [2.45, 2.75) is 58.2 Å². The average Bonchev–Trinajstić information content (AvgIpc) is 2.85. The number of aromatic nitrogens is 2. The van der Waals surface area contributed by atoms with Crippen LogP contribution in [0.25, 0.3) is 0 Å². The Bertz CT molecular complexity index is 767. The van der Waals surface area contributed by atoms with Gasteiger partial charge in [-0.15, -0.1) is 5.54 Å². The lowest BCUT2D eigenvalue weighted by molar-refractivity contribution is 0.0283. The molecular formula is C18H26ClFN4O2Si. The van der Waals surface area contributed by atoms with E-state index in [4.69, 9.17) is 16.3 Å². The topological polar surface area (TPSA) is 67.3 Å². The Morgan fingerprint density at radius 1 is 1.41 bits per heavy atom. The zero-order valence-corrected chi connectivity index (χ0v) is 18.3. The van der Waals surface area contributed by atoms with Crippen molar-refractivity contribution in [1.82, 2.24) is 14.9 Å². The number of alkyl halides is 1. The second-order valence-corrected chi connectivity index (χ2v) is 13.6. The molecule has 1 aromatic heterocycles. The number of nitrogens with zero attached hydrogens (tertiary/aromatic N) is 3. The van der Waals surface area contributed by atoms with Crippen molar-refractivity contribution >= 4 is 31.6 Å². The average molecular weight is 413 g/mol. The number of carbonyl (C=O) groups is 1. The van der Waals surface area contributed by atoms with Crippen LogP contribution in [-0.2, 0) is 4.74 Å². The van der Waals surface area contributed by atoms with Crippen LogP contribution in [0.5, 0.6) is 0 Å². The van der Waals surface area contributed by atoms with Crippen molar-refractivity contribution in [3.8, 4) is 11.5 Å². The lowest BCUT2D eigenvalue weighted by Crippen LogP contribution is -2.36. The van der Waals surface area contributed by atoms with Crippen LogP contribution in [0.15, 0.2) is 6.20 Å². The van der Waals surface area contributed by atoms with Crippen LogP contribution in [0.2, 0.25) is 24.9 Å². The standard InChI is InChI=1S/C18H26ClFN4O2Si/c1-18(2,3)26-17(25)24-10-13(20)14(11-24)22-15-12(7-8-27(4,5)6)9-21-16(19)23-15/h9,13-14H,10-11H2,1-6H3,(H,21,22,23)/t13-,14+/m0/s1. The third kappa shape index (κ3) is 6.67. The van der Waals surface area contributed by atoms with E-state index < -0.39 is 32.0 Å². The highest BCUT2D eigenvalue weighted by Crippen LogP contribution is 2.22. The number of likely N-dealkylation sites (tertiary alicyclic amines) is 1. The Kier molecular flexibility index (Phi) is 6.38. The monoisotopic (exact) mass is 412 g/mol. The minimum absolute atomic E-state index is 0.0404. The second kappa shape index (κ2) is 8.03. The lowest BCUT2D eigenvalue weighted by Gasteiger charge is -2.24. The Labute approximate surface area is 165 Å². The van der Waals surface area contributed by atoms with Gasteiger partial charge in [-0.2, -0.15) is 4.98 Å². The van der Waals surface area contributed by atoms with Crippen molar-refractivity contribution in [3.05, 3.63) is 17.0 Å². The molecule has 148 valence electrons. The van der Waals surface area contributed by atoms with Crippen LogP contribution in [0.4, 0.5) is 15.0 Å². The molecule has 0 bridgehead atoms. The van der Waals surface area contributed by atoms with Crippen LogP contribution >= 0.6 is 11.6 Å². The molecule has 1 aliphatic heterocycles. The molecule has 1 aromatic rings. The van der Waals surface area contributed by atoms with Gasteiger partial charge < -0.3 is 15.0 Å². The minimum Gasteiger partial charge on any atom is -0.444 e. The summed E-state index contributed by atoms with van der Waals surface area (Å²) in [4.78, 5) is 21.7. The molecule has 1 amide bonds. The molecule has 1 fully saturated rings. The fourth-order valence-corrected chi connectivity index (χ4v) is 3.01. The molecule has 6 nitrogen and oxygen atoms in total. The Balaban J connectivity index is 2.16. The first-order valence-corrected chi connectivity index (χ1v) is 12.7. The first-order valence-electron chi connectivity index (χ1n) is 8.78. The summed E-state index contributed by atoms with van der Waals surface area (Å²) in [5.74, 6) is 3.45. The number of ether oxygens (including phenoxy) is 1. The zero-order chi connectivity index (χ0) is 20.4. The summed E-state index contributed by atoms with van der Waals surface area (Å²) in [5, 5.41) is 3.09. The summed E-state index contributed by atoms with van der Waals surface area (Å²) < 4.78 is 19.8. The van der Waals surface area contributed by atoms with Gasteiger partial charge in [0.25, 0.3) is 0 Å². The fourth-order valence-electron chi connectivity index (χ4n) is 2.37. The summed E-state index contributed by atoms with van der Waals surface area (Å²) in [7, 11) is -1.60. The van der Waals surface area contributed by atoms with Crippen LogP contribution in [0.3, 0.4) is 0 Å². The highest BCUT2D eigenvalue weighted by Gasteiger charge is 2.37. The molecule has 2 heterocycles. The predicted octanol–water partition coefficient (Wildman–Crippen LogP) is 3.73. The van der Waals surface area contributed by atoms with Crippen LogP contribution in [0, 0.1) is 11.5 Å². The molecule has 0 aliphatic carbocycles. The molecular weight excluding hydrogens is 387 g/mol. The molecule has 27 heavy (non-hydrogen) atoms. The van der Waals surface area contributed by atoms with Gasteiger partial charge in [0.05, 0.1) is 18.2 Å². The second-order valence-electron chi connectivity index (χ2n) is 8.55. The number of rotatable bonds is 2. The van der Waals surface area contributed by atoms with Crippen LogP contribution in [0.1, 0.15) is 26.3 Å². The fraction of sp³-hybridized carbons (Fsp3) is 0.611. The first kappa shape index (κ1) is 21.4. The van der Waals surface area contributed by atoms with Crippen molar-refractivity contribution in [1.29, 1.82) is 0 Å². The molecule has 1 saturated heterocycles. The van der Waals surface area contributed by atoms with Gasteiger partial charge in [-0.25, -0.2) is 14.2 Å². The minimum atomic E-state index is -1.60. The molecule has 9 heteroatoms. The number of hydrogen-bond acceptors (Lipinski definition) is 5. The molecule has 0 radical (unpaired) electrons. The lowest BCUT2D eigenvalue weighted by atomic mass is 10.2. The molecule has 1 N–H and O–H groups in total. The van der Waals surface area contributed by atoms with E-state index in [1.807, 2.05) is 0 Å². The van der Waals surface area contributed by atoms with Crippen molar-refractivity contribution in [2.75, 3.05) is 18.4 Å². The van der Waals surface area contributed by atoms with E-state index in [2.05, 4.69) is 46.4 Å². The molecule has 0 unspecified atom stereocenters. The molecule has 1 aliphatic rings. The summed E-state index contributed by atoms with van der Waals surface area (Å²) in [6.07, 6.45) is -0.267. The molecule has 2 atom stereocenters. The SMILES string of the molecule is CC(C)(C)OC(=O)N1C[C@H](F)[C@H](Nc2nc(Cl)ncc2C#C[Si](C)(C)C)C1. The van der Waals surface area contributed by atoms with Gasteiger partial charge in [-0.1, -0.05) is 25.6 Å². The Morgan fingerprint density at radius 3 is 2.67 bits per heavy atom. The van der Waals surface area contributed by atoms with Crippen LogP contribution < -0.4 is 5.32 Å². The summed E-state index contributed by atoms with van der Waals surface area (Å²) in [6.45, 7) is 11.8. The smallest absolute Gasteiger partial charge is 0.410 e. The molecule has 0 saturated carbocycles. The summed E-state index contributed by atoms with van der Waals surface area (Å²) in [5.41, 5.74) is 3.16. The Hall–Kier alpha value is -1.85. The van der Waals surface area contributed by atoms with E-state index in [-0.39, 0.29) is 18.4 Å². The Morgan fingerprint density at radius 2 is 2.07 bits per heavy atom. The van der Waals surface area contributed by atoms with Gasteiger partial charge in [-0.05, 0) is 32.4 Å². The number of halogens is 2. The summed E-state index contributed by atoms with van der Waals surface area (Å²) in [6, 6.07) is -0.629. The number of amides is 1. The van der Waals surface area contributed by atoms with E-state index in [1.165, 1.54) is 11.1 Å². The number of anilines is 1. The van der Waals surface area contributed by atoms with Gasteiger partial charge in [-0.3, -0.25) is 0 Å². The molecule has 0 spiro atoms. The predicted molar refractivity (Wildman–Crippen MR) is 107 cm³/mol. The maximum atomic E-state index is 14.5. The number of carbonyl (C=O) groups excluding carboxylic acids is 1. The van der Waals surface area contributed by atoms with Crippen molar-refractivity contribution in [3.63, 3.8) is 0 Å². The van der Waals surface area contributed by atoms with Gasteiger partial charge >= 0.3 is 6.09 Å². The molecule has 0 aromatic carbocycles. The van der Waals surface area contributed by atoms with E-state index >= 15 is 0 Å². The first-order chi connectivity index (χ1) is 12.3. The normalized spacial score (nSPS) is 20.1. The van der Waals surface area contributed by atoms with Gasteiger partial charge in [0.15, 0.2) is 0 Å². The highest BCUT2D eigenvalue weighted by atomic mass is 35.5. The van der Waals surface area contributed by atoms with Gasteiger partial charge in [0, 0.05) is 12.7 Å². The highest BCUT2D eigenvalue weighted by molar-refractivity contribution is 6.83. The zero-order valence-electron chi connectivity index (χ0n) is 16.6. The van der Waals surface area contributed by atoms with Crippen molar-refractivity contribution in [2.24, 2.45) is 0 Å². The van der Waals surface area contributed by atoms with E-state index in [0.29, 0.717) is 11.4 Å². The quantitative estimate of drug-likeness (QED) is 0.455. The largest absolute Gasteiger partial charge is 0.444 e. The third-order valence-electron chi connectivity index (χ3n) is 3.55. The summed E-state index contributed by atoms with van der Waals surface area (Å²) >= 11 is 5.90. The van der Waals surface area contributed by atoms with E-state index in [0.717, 1.165) is 0 Å². The number of hydrogen-bond donors (Lipinski definition) is 1.